The predicted octanol–water partition coefficient (Wildman–Crippen LogP) is 7.54. The fourth-order valence-electron chi connectivity index (χ4n) is 3.38. The van der Waals surface area contributed by atoms with Gasteiger partial charge in [0.25, 0.3) is 0 Å². The summed E-state index contributed by atoms with van der Waals surface area (Å²) in [5.74, 6) is 1.38. The molecule has 0 bridgehead atoms. The van der Waals surface area contributed by atoms with E-state index in [-0.39, 0.29) is 0 Å². The third-order valence-electron chi connectivity index (χ3n) is 5.25. The van der Waals surface area contributed by atoms with Gasteiger partial charge < -0.3 is 14.8 Å². The summed E-state index contributed by atoms with van der Waals surface area (Å²) < 4.78 is 11.8. The van der Waals surface area contributed by atoms with Crippen LogP contribution in [-0.4, -0.2) is 7.11 Å². The molecule has 1 N–H and O–H groups in total. The van der Waals surface area contributed by atoms with E-state index in [1.165, 1.54) is 11.1 Å². The first-order valence-electron chi connectivity index (χ1n) is 10.1. The number of benzene rings is 3. The van der Waals surface area contributed by atoms with Gasteiger partial charge >= 0.3 is 0 Å². The van der Waals surface area contributed by atoms with Gasteiger partial charge in [-0.1, -0.05) is 47.5 Å². The number of nitrogens with one attached hydrogen (secondary N) is 1. The van der Waals surface area contributed by atoms with E-state index in [2.05, 4.69) is 50.0 Å². The molecular weight excluding hydrogens is 429 g/mol. The molecule has 0 aliphatic carbocycles. The fraction of sp³-hybridized carbons (Fsp3) is 0.231. The van der Waals surface area contributed by atoms with Crippen molar-refractivity contribution in [3.05, 3.63) is 99.0 Å². The number of ether oxygens (including phenoxy) is 2. The van der Waals surface area contributed by atoms with Gasteiger partial charge in [-0.05, 0) is 67.3 Å². The standard InChI is InChI=1S/C26H27Cl2NO2/c1-5-7-20-12-19(15-29-24-9-6-8-17(2)18(24)3)13-25(30-4)26(20)31-16-21-10-11-22(27)14-23(21)28/h5-6,8-14,29H,1,7,15-16H2,2-4H3. The molecule has 3 aromatic rings. The highest BCUT2D eigenvalue weighted by atomic mass is 35.5. The highest BCUT2D eigenvalue weighted by Crippen LogP contribution is 2.35. The van der Waals surface area contributed by atoms with Crippen LogP contribution in [0, 0.1) is 13.8 Å². The maximum absolute atomic E-state index is 6.30. The van der Waals surface area contributed by atoms with Gasteiger partial charge in [-0.2, -0.15) is 0 Å². The van der Waals surface area contributed by atoms with Crippen molar-refractivity contribution < 1.29 is 9.47 Å². The van der Waals surface area contributed by atoms with E-state index >= 15 is 0 Å². The number of rotatable bonds is 9. The van der Waals surface area contributed by atoms with E-state index in [1.807, 2.05) is 18.2 Å². The van der Waals surface area contributed by atoms with Gasteiger partial charge in [0.15, 0.2) is 11.5 Å². The molecule has 0 aromatic heterocycles. The molecule has 0 unspecified atom stereocenters. The Kier molecular flexibility index (Phi) is 7.89. The third-order valence-corrected chi connectivity index (χ3v) is 5.84. The van der Waals surface area contributed by atoms with Gasteiger partial charge in [0, 0.05) is 33.4 Å². The maximum Gasteiger partial charge on any atom is 0.165 e. The molecule has 3 rings (SSSR count). The minimum absolute atomic E-state index is 0.316. The average molecular weight is 456 g/mol. The number of hydrogen-bond acceptors (Lipinski definition) is 3. The summed E-state index contributed by atoms with van der Waals surface area (Å²) in [5.41, 5.74) is 6.61. The summed E-state index contributed by atoms with van der Waals surface area (Å²) in [6.07, 6.45) is 2.52. The van der Waals surface area contributed by atoms with Crippen LogP contribution in [0.5, 0.6) is 11.5 Å². The molecule has 5 heteroatoms. The van der Waals surface area contributed by atoms with Crippen LogP contribution >= 0.6 is 23.2 Å². The smallest absolute Gasteiger partial charge is 0.165 e. The summed E-state index contributed by atoms with van der Waals surface area (Å²) in [6.45, 7) is 9.12. The lowest BCUT2D eigenvalue weighted by atomic mass is 10.0. The van der Waals surface area contributed by atoms with Gasteiger partial charge in [-0.15, -0.1) is 6.58 Å². The van der Waals surface area contributed by atoms with Gasteiger partial charge in [0.1, 0.15) is 6.61 Å². The lowest BCUT2D eigenvalue weighted by Gasteiger charge is -2.18. The van der Waals surface area contributed by atoms with Crippen LogP contribution in [-0.2, 0) is 19.6 Å². The van der Waals surface area contributed by atoms with E-state index in [0.717, 1.165) is 22.4 Å². The van der Waals surface area contributed by atoms with E-state index in [4.69, 9.17) is 32.7 Å². The van der Waals surface area contributed by atoms with E-state index < -0.39 is 0 Å². The van der Waals surface area contributed by atoms with Gasteiger partial charge in [0.2, 0.25) is 0 Å². The minimum atomic E-state index is 0.316. The molecule has 0 atom stereocenters. The van der Waals surface area contributed by atoms with Crippen molar-refractivity contribution in [2.75, 3.05) is 12.4 Å². The molecule has 0 radical (unpaired) electrons. The van der Waals surface area contributed by atoms with Crippen molar-refractivity contribution in [1.82, 2.24) is 0 Å². The monoisotopic (exact) mass is 455 g/mol. The molecule has 0 saturated carbocycles. The topological polar surface area (TPSA) is 30.5 Å². The third kappa shape index (κ3) is 5.75. The Labute approximate surface area is 194 Å². The zero-order chi connectivity index (χ0) is 22.4. The molecule has 3 nitrogen and oxygen atoms in total. The summed E-state index contributed by atoms with van der Waals surface area (Å²) in [4.78, 5) is 0. The largest absolute Gasteiger partial charge is 0.493 e. The number of allylic oxidation sites excluding steroid dienone is 1. The molecule has 0 aliphatic rings. The zero-order valence-electron chi connectivity index (χ0n) is 18.1. The quantitative estimate of drug-likeness (QED) is 0.338. The van der Waals surface area contributed by atoms with E-state index in [0.29, 0.717) is 41.1 Å². The number of anilines is 1. The van der Waals surface area contributed by atoms with Crippen LogP contribution in [0.4, 0.5) is 5.69 Å². The lowest BCUT2D eigenvalue weighted by Crippen LogP contribution is -2.06. The first-order valence-corrected chi connectivity index (χ1v) is 10.9. The highest BCUT2D eigenvalue weighted by Gasteiger charge is 2.14. The molecule has 0 spiro atoms. The summed E-state index contributed by atoms with van der Waals surface area (Å²) in [5, 5.41) is 4.70. The molecule has 0 aliphatic heterocycles. The molecule has 0 saturated heterocycles. The molecule has 0 amide bonds. The SMILES string of the molecule is C=CCc1cc(CNc2cccc(C)c2C)cc(OC)c1OCc1ccc(Cl)cc1Cl. The number of hydrogen-bond donors (Lipinski definition) is 1. The zero-order valence-corrected chi connectivity index (χ0v) is 19.6. The van der Waals surface area contributed by atoms with Gasteiger partial charge in [-0.3, -0.25) is 0 Å². The van der Waals surface area contributed by atoms with Crippen LogP contribution in [0.1, 0.15) is 27.8 Å². The Morgan fingerprint density at radius 1 is 1.03 bits per heavy atom. The average Bonchev–Trinajstić information content (AvgIpc) is 2.75. The number of halogens is 2. The normalized spacial score (nSPS) is 10.6. The van der Waals surface area contributed by atoms with Crippen LogP contribution < -0.4 is 14.8 Å². The molecule has 3 aromatic carbocycles. The fourth-order valence-corrected chi connectivity index (χ4v) is 3.84. The molecule has 0 heterocycles. The molecule has 162 valence electrons. The second kappa shape index (κ2) is 10.6. The molecule has 31 heavy (non-hydrogen) atoms. The number of aryl methyl sites for hydroxylation is 1. The van der Waals surface area contributed by atoms with Crippen molar-refractivity contribution in [2.45, 2.75) is 33.4 Å². The first-order chi connectivity index (χ1) is 14.9. The summed E-state index contributed by atoms with van der Waals surface area (Å²) >= 11 is 12.3. The van der Waals surface area contributed by atoms with Crippen LogP contribution in [0.15, 0.2) is 61.2 Å². The van der Waals surface area contributed by atoms with Crippen LogP contribution in [0.2, 0.25) is 10.0 Å². The van der Waals surface area contributed by atoms with Crippen LogP contribution in [0.3, 0.4) is 0 Å². The molecule has 0 fully saturated rings. The Bertz CT molecular complexity index is 1080. The number of methoxy groups -OCH3 is 1. The van der Waals surface area contributed by atoms with E-state index in [9.17, 15) is 0 Å². The van der Waals surface area contributed by atoms with Crippen molar-refractivity contribution in [2.24, 2.45) is 0 Å². The summed E-state index contributed by atoms with van der Waals surface area (Å²) in [6, 6.07) is 15.8. The van der Waals surface area contributed by atoms with Crippen LogP contribution in [0.25, 0.3) is 0 Å². The predicted molar refractivity (Wildman–Crippen MR) is 131 cm³/mol. The Balaban J connectivity index is 1.84. The van der Waals surface area contributed by atoms with Gasteiger partial charge in [-0.25, -0.2) is 0 Å². The van der Waals surface area contributed by atoms with Gasteiger partial charge in [0.05, 0.1) is 7.11 Å². The Morgan fingerprint density at radius 3 is 2.55 bits per heavy atom. The molecular formula is C26H27Cl2NO2. The highest BCUT2D eigenvalue weighted by molar-refractivity contribution is 6.35. The lowest BCUT2D eigenvalue weighted by molar-refractivity contribution is 0.282. The Morgan fingerprint density at radius 2 is 1.84 bits per heavy atom. The minimum Gasteiger partial charge on any atom is -0.493 e. The second-order valence-electron chi connectivity index (χ2n) is 7.40. The van der Waals surface area contributed by atoms with E-state index in [1.54, 1.807) is 19.2 Å². The Hall–Kier alpha value is -2.62. The van der Waals surface area contributed by atoms with Crippen molar-refractivity contribution >= 4 is 28.9 Å². The second-order valence-corrected chi connectivity index (χ2v) is 8.25. The van der Waals surface area contributed by atoms with Crippen molar-refractivity contribution in [3.63, 3.8) is 0 Å². The van der Waals surface area contributed by atoms with Crippen molar-refractivity contribution in [1.29, 1.82) is 0 Å². The summed E-state index contributed by atoms with van der Waals surface area (Å²) in [7, 11) is 1.65. The maximum atomic E-state index is 6.30. The van der Waals surface area contributed by atoms with Crippen molar-refractivity contribution in [3.8, 4) is 11.5 Å². The first kappa shape index (κ1) is 23.1.